The Morgan fingerprint density at radius 2 is 1.82 bits per heavy atom. The van der Waals surface area contributed by atoms with E-state index in [2.05, 4.69) is 24.1 Å². The first-order chi connectivity index (χ1) is 8.00. The lowest BCUT2D eigenvalue weighted by molar-refractivity contribution is -0.138. The van der Waals surface area contributed by atoms with Crippen LogP contribution in [0.25, 0.3) is 0 Å². The van der Waals surface area contributed by atoms with E-state index in [4.69, 9.17) is 0 Å². The highest BCUT2D eigenvalue weighted by atomic mass is 16.2. The van der Waals surface area contributed by atoms with Crippen LogP contribution in [0, 0.1) is 0 Å². The summed E-state index contributed by atoms with van der Waals surface area (Å²) in [6.07, 6.45) is 0.785. The zero-order chi connectivity index (χ0) is 12.5. The molecule has 2 heterocycles. The van der Waals surface area contributed by atoms with Crippen molar-refractivity contribution in [2.45, 2.75) is 32.2 Å². The van der Waals surface area contributed by atoms with Gasteiger partial charge < -0.3 is 5.32 Å². The van der Waals surface area contributed by atoms with Crippen LogP contribution in [-0.2, 0) is 9.59 Å². The van der Waals surface area contributed by atoms with Crippen LogP contribution in [-0.4, -0.2) is 59.9 Å². The van der Waals surface area contributed by atoms with Gasteiger partial charge in [0.15, 0.2) is 0 Å². The van der Waals surface area contributed by atoms with Crippen molar-refractivity contribution in [2.24, 2.45) is 0 Å². The number of nitrogens with one attached hydrogen (secondary N) is 1. The van der Waals surface area contributed by atoms with Gasteiger partial charge in [-0.1, -0.05) is 0 Å². The molecule has 0 aromatic heterocycles. The SMILES string of the molecule is CC1(C)CNCCN1CCN1C(=O)CCC1=O. The molecule has 0 aliphatic carbocycles. The predicted molar refractivity (Wildman–Crippen MR) is 64.5 cm³/mol. The molecular formula is C12H21N3O2. The van der Waals surface area contributed by atoms with Crippen molar-refractivity contribution >= 4 is 11.8 Å². The Hall–Kier alpha value is -0.940. The van der Waals surface area contributed by atoms with Crippen LogP contribution in [0.3, 0.4) is 0 Å². The fraction of sp³-hybridized carbons (Fsp3) is 0.833. The van der Waals surface area contributed by atoms with E-state index in [1.807, 2.05) is 0 Å². The normalized spacial score (nSPS) is 25.6. The number of imide groups is 1. The zero-order valence-electron chi connectivity index (χ0n) is 10.7. The number of carbonyl (C=O) groups is 2. The molecule has 0 spiro atoms. The first-order valence-corrected chi connectivity index (χ1v) is 6.30. The lowest BCUT2D eigenvalue weighted by Crippen LogP contribution is -2.59. The van der Waals surface area contributed by atoms with Gasteiger partial charge in [0.2, 0.25) is 11.8 Å². The highest BCUT2D eigenvalue weighted by molar-refractivity contribution is 6.01. The van der Waals surface area contributed by atoms with Gasteiger partial charge in [-0.2, -0.15) is 0 Å². The maximum Gasteiger partial charge on any atom is 0.229 e. The summed E-state index contributed by atoms with van der Waals surface area (Å²) < 4.78 is 0. The van der Waals surface area contributed by atoms with Gasteiger partial charge in [0.1, 0.15) is 0 Å². The summed E-state index contributed by atoms with van der Waals surface area (Å²) in [4.78, 5) is 26.8. The summed E-state index contributed by atoms with van der Waals surface area (Å²) in [5.74, 6) is -0.0223. The van der Waals surface area contributed by atoms with Crippen LogP contribution in [0.5, 0.6) is 0 Å². The number of nitrogens with zero attached hydrogens (tertiary/aromatic N) is 2. The number of amides is 2. The minimum atomic E-state index is -0.0112. The van der Waals surface area contributed by atoms with Crippen molar-refractivity contribution in [3.05, 3.63) is 0 Å². The minimum Gasteiger partial charge on any atom is -0.314 e. The van der Waals surface area contributed by atoms with Gasteiger partial charge >= 0.3 is 0 Å². The van der Waals surface area contributed by atoms with Gasteiger partial charge in [0.25, 0.3) is 0 Å². The minimum absolute atomic E-state index is 0.0112. The third kappa shape index (κ3) is 2.66. The fourth-order valence-electron chi connectivity index (χ4n) is 2.53. The molecule has 2 saturated heterocycles. The summed E-state index contributed by atoms with van der Waals surface area (Å²) in [6, 6.07) is 0. The number of carbonyl (C=O) groups excluding carboxylic acids is 2. The molecule has 0 aromatic carbocycles. The zero-order valence-corrected chi connectivity index (χ0v) is 10.7. The molecule has 1 N–H and O–H groups in total. The second-order valence-electron chi connectivity index (χ2n) is 5.42. The van der Waals surface area contributed by atoms with E-state index >= 15 is 0 Å². The third-order valence-corrected chi connectivity index (χ3v) is 3.72. The molecule has 96 valence electrons. The van der Waals surface area contributed by atoms with E-state index in [0.717, 1.165) is 26.2 Å². The smallest absolute Gasteiger partial charge is 0.229 e. The van der Waals surface area contributed by atoms with E-state index in [9.17, 15) is 9.59 Å². The predicted octanol–water partition coefficient (Wildman–Crippen LogP) is -0.181. The quantitative estimate of drug-likeness (QED) is 0.694. The Balaban J connectivity index is 1.89. The van der Waals surface area contributed by atoms with Crippen LogP contribution in [0.4, 0.5) is 0 Å². The standard InChI is InChI=1S/C12H21N3O2/c1-12(2)9-13-5-6-14(12)7-8-15-10(16)3-4-11(15)17/h13H,3-9H2,1-2H3. The first-order valence-electron chi connectivity index (χ1n) is 6.30. The van der Waals surface area contributed by atoms with E-state index in [1.165, 1.54) is 4.90 Å². The molecule has 0 bridgehead atoms. The Morgan fingerprint density at radius 3 is 2.41 bits per heavy atom. The monoisotopic (exact) mass is 239 g/mol. The topological polar surface area (TPSA) is 52.6 Å². The number of hydrogen-bond acceptors (Lipinski definition) is 4. The molecule has 5 nitrogen and oxygen atoms in total. The van der Waals surface area contributed by atoms with Crippen molar-refractivity contribution < 1.29 is 9.59 Å². The average molecular weight is 239 g/mol. The van der Waals surface area contributed by atoms with E-state index < -0.39 is 0 Å². The molecule has 2 rings (SSSR count). The third-order valence-electron chi connectivity index (χ3n) is 3.72. The van der Waals surface area contributed by atoms with Gasteiger partial charge in [-0.15, -0.1) is 0 Å². The summed E-state index contributed by atoms with van der Waals surface area (Å²) >= 11 is 0. The largest absolute Gasteiger partial charge is 0.314 e. The fourth-order valence-corrected chi connectivity index (χ4v) is 2.53. The van der Waals surface area contributed by atoms with E-state index in [-0.39, 0.29) is 17.4 Å². The maximum absolute atomic E-state index is 11.5. The van der Waals surface area contributed by atoms with E-state index in [0.29, 0.717) is 19.4 Å². The molecule has 0 atom stereocenters. The molecular weight excluding hydrogens is 218 g/mol. The van der Waals surface area contributed by atoms with Crippen LogP contribution in [0.15, 0.2) is 0 Å². The van der Waals surface area contributed by atoms with Crippen LogP contribution < -0.4 is 5.32 Å². The van der Waals surface area contributed by atoms with Gasteiger partial charge in [0.05, 0.1) is 0 Å². The van der Waals surface area contributed by atoms with Gasteiger partial charge in [-0.25, -0.2) is 0 Å². The molecule has 2 amide bonds. The molecule has 17 heavy (non-hydrogen) atoms. The summed E-state index contributed by atoms with van der Waals surface area (Å²) in [5, 5.41) is 3.36. The summed E-state index contributed by atoms with van der Waals surface area (Å²) in [6.45, 7) is 8.61. The van der Waals surface area contributed by atoms with Crippen molar-refractivity contribution in [1.29, 1.82) is 0 Å². The number of likely N-dealkylation sites (tertiary alicyclic amines) is 1. The lowest BCUT2D eigenvalue weighted by atomic mass is 10.0. The van der Waals surface area contributed by atoms with Crippen molar-refractivity contribution in [3.8, 4) is 0 Å². The molecule has 0 saturated carbocycles. The number of piperazine rings is 1. The van der Waals surface area contributed by atoms with Gasteiger partial charge in [0, 0.05) is 51.1 Å². The van der Waals surface area contributed by atoms with Crippen LogP contribution >= 0.6 is 0 Å². The molecule has 0 unspecified atom stereocenters. The number of hydrogen-bond donors (Lipinski definition) is 1. The summed E-state index contributed by atoms with van der Waals surface area (Å²) in [5.41, 5.74) is 0.101. The van der Waals surface area contributed by atoms with Crippen LogP contribution in [0.2, 0.25) is 0 Å². The Labute approximate surface area is 102 Å². The molecule has 5 heteroatoms. The van der Waals surface area contributed by atoms with Crippen molar-refractivity contribution in [3.63, 3.8) is 0 Å². The first kappa shape index (κ1) is 12.5. The molecule has 0 aromatic rings. The van der Waals surface area contributed by atoms with Crippen molar-refractivity contribution in [2.75, 3.05) is 32.7 Å². The highest BCUT2D eigenvalue weighted by Gasteiger charge is 2.32. The van der Waals surface area contributed by atoms with Gasteiger partial charge in [-0.05, 0) is 13.8 Å². The second-order valence-corrected chi connectivity index (χ2v) is 5.42. The Morgan fingerprint density at radius 1 is 1.18 bits per heavy atom. The Bertz CT molecular complexity index is 312. The molecule has 0 radical (unpaired) electrons. The molecule has 2 aliphatic heterocycles. The van der Waals surface area contributed by atoms with Gasteiger partial charge in [-0.3, -0.25) is 19.4 Å². The average Bonchev–Trinajstić information content (AvgIpc) is 2.57. The van der Waals surface area contributed by atoms with Crippen molar-refractivity contribution in [1.82, 2.24) is 15.1 Å². The maximum atomic E-state index is 11.5. The second kappa shape index (κ2) is 4.74. The lowest BCUT2D eigenvalue weighted by Gasteiger charge is -2.43. The van der Waals surface area contributed by atoms with Crippen LogP contribution in [0.1, 0.15) is 26.7 Å². The Kier molecular flexibility index (Phi) is 3.49. The highest BCUT2D eigenvalue weighted by Crippen LogP contribution is 2.17. The summed E-state index contributed by atoms with van der Waals surface area (Å²) in [7, 11) is 0. The number of rotatable bonds is 3. The molecule has 2 fully saturated rings. The van der Waals surface area contributed by atoms with E-state index in [1.54, 1.807) is 0 Å². The molecule has 2 aliphatic rings.